The first-order valence-electron chi connectivity index (χ1n) is 7.12. The van der Waals surface area contributed by atoms with Crippen LogP contribution in [-0.4, -0.2) is 16.9 Å². The molecule has 1 saturated carbocycles. The van der Waals surface area contributed by atoms with E-state index in [1.54, 1.807) is 6.07 Å². The van der Waals surface area contributed by atoms with Crippen LogP contribution >= 0.6 is 11.6 Å². The van der Waals surface area contributed by atoms with Crippen LogP contribution < -0.4 is 5.32 Å². The van der Waals surface area contributed by atoms with Crippen LogP contribution in [0.2, 0.25) is 5.02 Å². The third-order valence-corrected chi connectivity index (χ3v) is 4.23. The summed E-state index contributed by atoms with van der Waals surface area (Å²) >= 11 is 5.84. The Morgan fingerprint density at radius 3 is 2.48 bits per heavy atom. The van der Waals surface area contributed by atoms with Crippen molar-refractivity contribution in [3.05, 3.63) is 38.9 Å². The van der Waals surface area contributed by atoms with E-state index in [9.17, 15) is 14.9 Å². The van der Waals surface area contributed by atoms with Gasteiger partial charge in [0, 0.05) is 6.04 Å². The highest BCUT2D eigenvalue weighted by Gasteiger charge is 2.28. The number of para-hydroxylation sites is 1. The molecule has 2 atom stereocenters. The SMILES string of the molecule is CC1CC(C)CC(NC(=O)c2cccc(Cl)c2[N+](=O)[O-])C1. The number of nitrogens with one attached hydrogen (secondary N) is 1. The zero-order valence-corrected chi connectivity index (χ0v) is 12.9. The second-order valence-electron chi connectivity index (χ2n) is 5.98. The van der Waals surface area contributed by atoms with Gasteiger partial charge in [0.25, 0.3) is 5.91 Å². The molecule has 2 unspecified atom stereocenters. The summed E-state index contributed by atoms with van der Waals surface area (Å²) in [7, 11) is 0. The number of rotatable bonds is 3. The van der Waals surface area contributed by atoms with Gasteiger partial charge in [0.1, 0.15) is 10.6 Å². The quantitative estimate of drug-likeness (QED) is 0.681. The van der Waals surface area contributed by atoms with Crippen molar-refractivity contribution < 1.29 is 9.72 Å². The average molecular weight is 311 g/mol. The van der Waals surface area contributed by atoms with E-state index in [1.807, 2.05) is 0 Å². The van der Waals surface area contributed by atoms with E-state index < -0.39 is 10.8 Å². The molecule has 6 heteroatoms. The van der Waals surface area contributed by atoms with E-state index in [4.69, 9.17) is 11.6 Å². The maximum absolute atomic E-state index is 12.3. The lowest BCUT2D eigenvalue weighted by Gasteiger charge is -2.31. The monoisotopic (exact) mass is 310 g/mol. The van der Waals surface area contributed by atoms with E-state index in [0.717, 1.165) is 19.3 Å². The predicted molar refractivity (Wildman–Crippen MR) is 81.5 cm³/mol. The Morgan fingerprint density at radius 1 is 1.29 bits per heavy atom. The number of nitro groups is 1. The molecular weight excluding hydrogens is 292 g/mol. The molecule has 1 aliphatic carbocycles. The minimum atomic E-state index is -0.608. The molecule has 0 aliphatic heterocycles. The highest BCUT2D eigenvalue weighted by atomic mass is 35.5. The fourth-order valence-corrected chi connectivity index (χ4v) is 3.46. The van der Waals surface area contributed by atoms with Crippen LogP contribution in [0.1, 0.15) is 43.5 Å². The lowest BCUT2D eigenvalue weighted by atomic mass is 9.80. The van der Waals surface area contributed by atoms with Crippen molar-refractivity contribution in [1.29, 1.82) is 0 Å². The number of nitrogens with zero attached hydrogens (tertiary/aromatic N) is 1. The molecular formula is C15H19ClN2O3. The van der Waals surface area contributed by atoms with E-state index in [2.05, 4.69) is 19.2 Å². The molecule has 114 valence electrons. The zero-order chi connectivity index (χ0) is 15.6. The molecule has 0 radical (unpaired) electrons. The van der Waals surface area contributed by atoms with Crippen LogP contribution in [0.4, 0.5) is 5.69 Å². The summed E-state index contributed by atoms with van der Waals surface area (Å²) in [6, 6.07) is 4.47. The van der Waals surface area contributed by atoms with Crippen molar-refractivity contribution in [1.82, 2.24) is 5.32 Å². The number of hydrogen-bond acceptors (Lipinski definition) is 3. The molecule has 1 aromatic rings. The summed E-state index contributed by atoms with van der Waals surface area (Å²) in [5.41, 5.74) is -0.299. The number of halogens is 1. The first kappa shape index (κ1) is 15.8. The van der Waals surface area contributed by atoms with Gasteiger partial charge in [0.05, 0.1) is 4.92 Å². The van der Waals surface area contributed by atoms with Crippen molar-refractivity contribution in [2.45, 2.75) is 39.2 Å². The molecule has 1 amide bonds. The van der Waals surface area contributed by atoms with Gasteiger partial charge >= 0.3 is 5.69 Å². The lowest BCUT2D eigenvalue weighted by Crippen LogP contribution is -2.40. The van der Waals surface area contributed by atoms with Crippen molar-refractivity contribution in [3.8, 4) is 0 Å². The van der Waals surface area contributed by atoms with Crippen molar-refractivity contribution >= 4 is 23.2 Å². The van der Waals surface area contributed by atoms with Crippen LogP contribution in [-0.2, 0) is 0 Å². The third kappa shape index (κ3) is 3.73. The fraction of sp³-hybridized carbons (Fsp3) is 0.533. The first-order chi connectivity index (χ1) is 9.88. The summed E-state index contributed by atoms with van der Waals surface area (Å²) in [5.74, 6) is 0.678. The largest absolute Gasteiger partial charge is 0.349 e. The number of carbonyl (C=O) groups excluding carboxylic acids is 1. The number of hydrogen-bond donors (Lipinski definition) is 1. The Labute approximate surface area is 128 Å². The summed E-state index contributed by atoms with van der Waals surface area (Å²) in [4.78, 5) is 22.8. The van der Waals surface area contributed by atoms with E-state index in [0.29, 0.717) is 11.8 Å². The molecule has 0 heterocycles. The molecule has 1 aromatic carbocycles. The van der Waals surface area contributed by atoms with Crippen molar-refractivity contribution in [2.75, 3.05) is 0 Å². The summed E-state index contributed by atoms with van der Waals surface area (Å²) in [5, 5.41) is 14.0. The molecule has 0 bridgehead atoms. The summed E-state index contributed by atoms with van der Waals surface area (Å²) in [6.45, 7) is 4.33. The Bertz CT molecular complexity index is 552. The van der Waals surface area contributed by atoms with Gasteiger partial charge in [0.15, 0.2) is 0 Å². The molecule has 0 spiro atoms. The third-order valence-electron chi connectivity index (χ3n) is 3.93. The van der Waals surface area contributed by atoms with E-state index in [-0.39, 0.29) is 22.3 Å². The van der Waals surface area contributed by atoms with Crippen molar-refractivity contribution in [2.24, 2.45) is 11.8 Å². The normalized spacial score (nSPS) is 25.4. The Morgan fingerprint density at radius 2 is 1.90 bits per heavy atom. The van der Waals surface area contributed by atoms with Gasteiger partial charge in [-0.05, 0) is 43.2 Å². The maximum atomic E-state index is 12.3. The average Bonchev–Trinajstić information content (AvgIpc) is 2.36. The zero-order valence-electron chi connectivity index (χ0n) is 12.1. The molecule has 1 fully saturated rings. The molecule has 5 nitrogen and oxygen atoms in total. The van der Waals surface area contributed by atoms with Gasteiger partial charge in [-0.2, -0.15) is 0 Å². The minimum Gasteiger partial charge on any atom is -0.349 e. The molecule has 21 heavy (non-hydrogen) atoms. The van der Waals surface area contributed by atoms with Crippen LogP contribution in [0.3, 0.4) is 0 Å². The van der Waals surface area contributed by atoms with Gasteiger partial charge in [0.2, 0.25) is 0 Å². The van der Waals surface area contributed by atoms with Crippen LogP contribution in [0.15, 0.2) is 18.2 Å². The Balaban J connectivity index is 2.17. The second-order valence-corrected chi connectivity index (χ2v) is 6.39. The van der Waals surface area contributed by atoms with Gasteiger partial charge in [-0.3, -0.25) is 14.9 Å². The second kappa shape index (κ2) is 6.43. The number of benzene rings is 1. The van der Waals surface area contributed by atoms with E-state index >= 15 is 0 Å². The molecule has 1 aliphatic rings. The summed E-state index contributed by atoms with van der Waals surface area (Å²) < 4.78 is 0. The highest BCUT2D eigenvalue weighted by Crippen LogP contribution is 2.31. The smallest absolute Gasteiger partial charge is 0.300 e. The maximum Gasteiger partial charge on any atom is 0.300 e. The highest BCUT2D eigenvalue weighted by molar-refractivity contribution is 6.33. The van der Waals surface area contributed by atoms with E-state index in [1.165, 1.54) is 12.1 Å². The van der Waals surface area contributed by atoms with Gasteiger partial charge in [-0.25, -0.2) is 0 Å². The predicted octanol–water partition coefficient (Wildman–Crippen LogP) is 3.80. The van der Waals surface area contributed by atoms with Crippen LogP contribution in [0.5, 0.6) is 0 Å². The lowest BCUT2D eigenvalue weighted by molar-refractivity contribution is -0.385. The van der Waals surface area contributed by atoms with Crippen LogP contribution in [0, 0.1) is 22.0 Å². The number of amides is 1. The number of carbonyl (C=O) groups is 1. The van der Waals surface area contributed by atoms with Crippen LogP contribution in [0.25, 0.3) is 0 Å². The molecule has 2 rings (SSSR count). The Hall–Kier alpha value is -1.62. The standard InChI is InChI=1S/C15H19ClN2O3/c1-9-6-10(2)8-11(7-9)17-15(19)12-4-3-5-13(16)14(12)18(20)21/h3-5,9-11H,6-8H2,1-2H3,(H,17,19). The number of nitro benzene ring substituents is 1. The summed E-state index contributed by atoms with van der Waals surface area (Å²) in [6.07, 6.45) is 2.97. The van der Waals surface area contributed by atoms with Crippen molar-refractivity contribution in [3.63, 3.8) is 0 Å². The molecule has 0 saturated heterocycles. The topological polar surface area (TPSA) is 72.2 Å². The minimum absolute atomic E-state index is 0.0157. The Kier molecular flexibility index (Phi) is 4.83. The fourth-order valence-electron chi connectivity index (χ4n) is 3.21. The molecule has 0 aromatic heterocycles. The van der Waals surface area contributed by atoms with Gasteiger partial charge in [-0.1, -0.05) is 31.5 Å². The van der Waals surface area contributed by atoms with Gasteiger partial charge in [-0.15, -0.1) is 0 Å². The molecule has 1 N–H and O–H groups in total. The van der Waals surface area contributed by atoms with Gasteiger partial charge < -0.3 is 5.32 Å². The first-order valence-corrected chi connectivity index (χ1v) is 7.50.